The van der Waals surface area contributed by atoms with E-state index in [1.54, 1.807) is 6.33 Å². The van der Waals surface area contributed by atoms with Gasteiger partial charge in [-0.1, -0.05) is 0 Å². The van der Waals surface area contributed by atoms with E-state index in [1.165, 1.54) is 5.69 Å². The Morgan fingerprint density at radius 3 is 2.45 bits per heavy atom. The van der Waals surface area contributed by atoms with Crippen molar-refractivity contribution in [2.75, 3.05) is 31.1 Å². The van der Waals surface area contributed by atoms with Crippen LogP contribution >= 0.6 is 15.9 Å². The van der Waals surface area contributed by atoms with Crippen molar-refractivity contribution in [3.63, 3.8) is 0 Å². The van der Waals surface area contributed by atoms with Gasteiger partial charge in [0, 0.05) is 49.8 Å². The number of alkyl halides is 1. The first-order valence-corrected chi connectivity index (χ1v) is 8.41. The zero-order chi connectivity index (χ0) is 15.1. The van der Waals surface area contributed by atoms with Gasteiger partial charge in [0.15, 0.2) is 0 Å². The molecule has 0 spiro atoms. The molecule has 4 rings (SSSR count). The minimum absolute atomic E-state index is 0.510. The van der Waals surface area contributed by atoms with Gasteiger partial charge in [0.25, 0.3) is 0 Å². The average molecular weight is 365 g/mol. The summed E-state index contributed by atoms with van der Waals surface area (Å²) < 4.78 is 15.8. The van der Waals surface area contributed by atoms with Crippen LogP contribution in [0.2, 0.25) is 0 Å². The number of hydrogen-bond acceptors (Lipinski definition) is 3. The minimum Gasteiger partial charge on any atom is -0.370 e. The molecular formula is C16H18BrFN4. The number of benzene rings is 1. The van der Waals surface area contributed by atoms with Crippen LogP contribution < -0.4 is 4.90 Å². The molecule has 0 bridgehead atoms. The van der Waals surface area contributed by atoms with Crippen LogP contribution in [0.3, 0.4) is 0 Å². The highest BCUT2D eigenvalue weighted by Crippen LogP contribution is 2.27. The summed E-state index contributed by atoms with van der Waals surface area (Å²) >= 11 is 3.36. The summed E-state index contributed by atoms with van der Waals surface area (Å²) in [5.74, 6) is 0. The van der Waals surface area contributed by atoms with Crippen molar-refractivity contribution in [1.29, 1.82) is 0 Å². The van der Waals surface area contributed by atoms with Crippen molar-refractivity contribution in [2.24, 2.45) is 0 Å². The van der Waals surface area contributed by atoms with Crippen LogP contribution in [0.25, 0.3) is 5.69 Å². The van der Waals surface area contributed by atoms with E-state index in [4.69, 9.17) is 0 Å². The van der Waals surface area contributed by atoms with Gasteiger partial charge in [-0.2, -0.15) is 0 Å². The molecule has 0 saturated carbocycles. The molecule has 2 aliphatic rings. The first kappa shape index (κ1) is 14.2. The lowest BCUT2D eigenvalue weighted by atomic mass is 10.1. The van der Waals surface area contributed by atoms with Crippen LogP contribution in [0.5, 0.6) is 0 Å². The monoisotopic (exact) mass is 364 g/mol. The summed E-state index contributed by atoms with van der Waals surface area (Å²) in [5.41, 5.74) is 2.34. The predicted molar refractivity (Wildman–Crippen MR) is 88.4 cm³/mol. The first-order chi connectivity index (χ1) is 10.7. The highest BCUT2D eigenvalue weighted by atomic mass is 79.9. The maximum absolute atomic E-state index is 13.0. The van der Waals surface area contributed by atoms with Crippen LogP contribution in [0.4, 0.5) is 10.1 Å². The van der Waals surface area contributed by atoms with Gasteiger partial charge in [0.05, 0.1) is 0 Å². The molecule has 1 unspecified atom stereocenters. The molecule has 2 fully saturated rings. The normalized spacial score (nSPS) is 23.0. The topological polar surface area (TPSA) is 24.3 Å². The Morgan fingerprint density at radius 1 is 1.09 bits per heavy atom. The summed E-state index contributed by atoms with van der Waals surface area (Å²) in [4.78, 5) is 8.84. The van der Waals surface area contributed by atoms with Gasteiger partial charge < -0.3 is 9.47 Å². The van der Waals surface area contributed by atoms with E-state index in [0.29, 0.717) is 19.1 Å². The summed E-state index contributed by atoms with van der Waals surface area (Å²) in [6.45, 7) is 3.29. The van der Waals surface area contributed by atoms with Crippen LogP contribution in [0.15, 0.2) is 41.4 Å². The summed E-state index contributed by atoms with van der Waals surface area (Å²) in [6, 6.07) is 9.03. The van der Waals surface area contributed by atoms with E-state index >= 15 is 0 Å². The Morgan fingerprint density at radius 2 is 1.82 bits per heavy atom. The molecule has 2 aromatic rings. The third kappa shape index (κ3) is 2.65. The Bertz CT molecular complexity index is 650. The molecule has 116 valence electrons. The largest absolute Gasteiger partial charge is 0.370 e. The zero-order valence-electron chi connectivity index (χ0n) is 12.2. The lowest BCUT2D eigenvalue weighted by Crippen LogP contribution is -2.54. The minimum atomic E-state index is -0.608. The van der Waals surface area contributed by atoms with Gasteiger partial charge in [-0.25, -0.2) is 9.37 Å². The molecule has 4 nitrogen and oxygen atoms in total. The van der Waals surface area contributed by atoms with Crippen molar-refractivity contribution in [2.45, 2.75) is 18.6 Å². The molecule has 22 heavy (non-hydrogen) atoms. The van der Waals surface area contributed by atoms with E-state index < -0.39 is 6.17 Å². The van der Waals surface area contributed by atoms with Crippen molar-refractivity contribution in [1.82, 2.24) is 14.5 Å². The number of nitrogens with zero attached hydrogens (tertiary/aromatic N) is 4. The third-order valence-electron chi connectivity index (χ3n) is 4.61. The Labute approximate surface area is 137 Å². The molecule has 0 radical (unpaired) electrons. The summed E-state index contributed by atoms with van der Waals surface area (Å²) in [5, 5.41) is 0. The quantitative estimate of drug-likeness (QED) is 0.836. The van der Waals surface area contributed by atoms with Gasteiger partial charge in [-0.3, -0.25) is 4.90 Å². The van der Waals surface area contributed by atoms with E-state index in [9.17, 15) is 4.39 Å². The van der Waals surface area contributed by atoms with Crippen LogP contribution in [-0.2, 0) is 0 Å². The SMILES string of the molecule is FC1CN(C2CCN(c3ccc(-n4cnc(Br)c4)cc3)C2)C1. The summed E-state index contributed by atoms with van der Waals surface area (Å²) in [6.07, 6.45) is 4.26. The molecule has 2 aliphatic heterocycles. The number of rotatable bonds is 3. The van der Waals surface area contributed by atoms with Gasteiger partial charge >= 0.3 is 0 Å². The van der Waals surface area contributed by atoms with Crippen molar-refractivity contribution in [3.8, 4) is 5.69 Å². The lowest BCUT2D eigenvalue weighted by Gasteiger charge is -2.39. The molecule has 3 heterocycles. The van der Waals surface area contributed by atoms with Crippen LogP contribution in [0, 0.1) is 0 Å². The van der Waals surface area contributed by atoms with Gasteiger partial charge in [0.1, 0.15) is 17.1 Å². The fourth-order valence-electron chi connectivity index (χ4n) is 3.30. The predicted octanol–water partition coefficient (Wildman–Crippen LogP) is 2.87. The number of hydrogen-bond donors (Lipinski definition) is 0. The molecular weight excluding hydrogens is 347 g/mol. The second kappa shape index (κ2) is 5.66. The van der Waals surface area contributed by atoms with E-state index in [2.05, 4.69) is 55.0 Å². The highest BCUT2D eigenvalue weighted by Gasteiger charge is 2.35. The fourth-order valence-corrected chi connectivity index (χ4v) is 3.62. The molecule has 1 aromatic carbocycles. The van der Waals surface area contributed by atoms with Gasteiger partial charge in [0.2, 0.25) is 0 Å². The number of imidazole rings is 1. The van der Waals surface area contributed by atoms with E-state index in [0.717, 1.165) is 29.8 Å². The van der Waals surface area contributed by atoms with E-state index in [1.807, 2.05) is 10.8 Å². The second-order valence-electron chi connectivity index (χ2n) is 6.06. The maximum atomic E-state index is 13.0. The smallest absolute Gasteiger partial charge is 0.125 e. The van der Waals surface area contributed by atoms with Crippen molar-refractivity contribution >= 4 is 21.6 Å². The van der Waals surface area contributed by atoms with Crippen molar-refractivity contribution < 1.29 is 4.39 Å². The lowest BCUT2D eigenvalue weighted by molar-refractivity contribution is 0.0347. The van der Waals surface area contributed by atoms with Crippen LogP contribution in [-0.4, -0.2) is 52.8 Å². The van der Waals surface area contributed by atoms with Gasteiger partial charge in [-0.05, 0) is 46.6 Å². The van der Waals surface area contributed by atoms with Crippen molar-refractivity contribution in [3.05, 3.63) is 41.4 Å². The fraction of sp³-hybridized carbons (Fsp3) is 0.438. The molecule has 6 heteroatoms. The number of anilines is 1. The third-order valence-corrected chi connectivity index (χ3v) is 5.02. The Balaban J connectivity index is 1.43. The average Bonchev–Trinajstić information content (AvgIpc) is 3.13. The molecule has 1 aromatic heterocycles. The molecule has 1 atom stereocenters. The number of aromatic nitrogens is 2. The maximum Gasteiger partial charge on any atom is 0.125 e. The van der Waals surface area contributed by atoms with Gasteiger partial charge in [-0.15, -0.1) is 0 Å². The van der Waals surface area contributed by atoms with Crippen LogP contribution in [0.1, 0.15) is 6.42 Å². The molecule has 2 saturated heterocycles. The standard InChI is InChI=1S/C16H18BrFN4/c17-16-10-22(11-19-16)14-3-1-13(2-4-14)20-6-5-15(9-20)21-7-12(18)8-21/h1-4,10-12,15H,5-9H2. The first-order valence-electron chi connectivity index (χ1n) is 7.62. The highest BCUT2D eigenvalue weighted by molar-refractivity contribution is 9.10. The number of halogens is 2. The zero-order valence-corrected chi connectivity index (χ0v) is 13.8. The molecule has 0 amide bonds. The summed E-state index contributed by atoms with van der Waals surface area (Å²) in [7, 11) is 0. The Kier molecular flexibility index (Phi) is 3.66. The molecule has 0 N–H and O–H groups in total. The Hall–Kier alpha value is -1.40. The molecule has 0 aliphatic carbocycles. The second-order valence-corrected chi connectivity index (χ2v) is 6.87. The number of likely N-dealkylation sites (tertiary alicyclic amines) is 1. The van der Waals surface area contributed by atoms with E-state index in [-0.39, 0.29) is 0 Å².